The highest BCUT2D eigenvalue weighted by molar-refractivity contribution is 5.93. The Morgan fingerprint density at radius 2 is 1.64 bits per heavy atom. The van der Waals surface area contributed by atoms with Gasteiger partial charge in [-0.2, -0.15) is 0 Å². The molecule has 2 aromatic carbocycles. The molecule has 2 N–H and O–H groups in total. The molecule has 1 aliphatic rings. The molecule has 0 unspecified atom stereocenters. The molecule has 1 atom stereocenters. The van der Waals surface area contributed by atoms with E-state index in [1.807, 2.05) is 24.3 Å². The highest BCUT2D eigenvalue weighted by Gasteiger charge is 2.20. The maximum atomic E-state index is 12.7. The van der Waals surface area contributed by atoms with Gasteiger partial charge in [-0.05, 0) is 43.6 Å². The zero-order valence-corrected chi connectivity index (χ0v) is 17.0. The molecule has 3 rings (SSSR count). The summed E-state index contributed by atoms with van der Waals surface area (Å²) in [6.45, 7) is 8.88. The molecular formula is C23H32N4O. The van der Waals surface area contributed by atoms with Gasteiger partial charge >= 0.3 is 6.03 Å². The van der Waals surface area contributed by atoms with Gasteiger partial charge in [0.05, 0.1) is 17.4 Å². The molecule has 1 aliphatic heterocycles. The van der Waals surface area contributed by atoms with E-state index in [2.05, 4.69) is 64.6 Å². The van der Waals surface area contributed by atoms with Gasteiger partial charge in [-0.25, -0.2) is 4.79 Å². The number of urea groups is 1. The average molecular weight is 381 g/mol. The molecule has 0 radical (unpaired) electrons. The first-order chi connectivity index (χ1) is 13.7. The number of carbonyl (C=O) groups excluding carboxylic acids is 1. The smallest absolute Gasteiger partial charge is 0.319 e. The van der Waals surface area contributed by atoms with Crippen LogP contribution in [0.5, 0.6) is 0 Å². The number of nitrogens with zero attached hydrogens (tertiary/aromatic N) is 2. The predicted octanol–water partition coefficient (Wildman–Crippen LogP) is 4.49. The molecule has 0 bridgehead atoms. The number of likely N-dealkylation sites (N-methyl/N-ethyl adjacent to an activating group) is 1. The van der Waals surface area contributed by atoms with E-state index in [1.54, 1.807) is 0 Å². The Hall–Kier alpha value is -2.53. The van der Waals surface area contributed by atoms with Gasteiger partial charge in [0, 0.05) is 19.6 Å². The zero-order valence-electron chi connectivity index (χ0n) is 17.0. The number of carbonyl (C=O) groups is 1. The molecule has 150 valence electrons. The van der Waals surface area contributed by atoms with Crippen molar-refractivity contribution in [1.82, 2.24) is 10.2 Å². The van der Waals surface area contributed by atoms with Crippen molar-refractivity contribution < 1.29 is 4.79 Å². The predicted molar refractivity (Wildman–Crippen MR) is 117 cm³/mol. The molecule has 0 saturated carbocycles. The molecular weight excluding hydrogens is 348 g/mol. The van der Waals surface area contributed by atoms with E-state index >= 15 is 0 Å². The number of hydrogen-bond acceptors (Lipinski definition) is 3. The molecule has 1 fully saturated rings. The number of benzene rings is 2. The lowest BCUT2D eigenvalue weighted by atomic mass is 10.1. The average Bonchev–Trinajstić information content (AvgIpc) is 3.27. The van der Waals surface area contributed by atoms with Gasteiger partial charge in [0.15, 0.2) is 0 Å². The monoisotopic (exact) mass is 380 g/mol. The van der Waals surface area contributed by atoms with Gasteiger partial charge in [-0.3, -0.25) is 4.90 Å². The molecule has 1 heterocycles. The van der Waals surface area contributed by atoms with Crippen LogP contribution in [-0.2, 0) is 0 Å². The topological polar surface area (TPSA) is 47.6 Å². The largest absolute Gasteiger partial charge is 0.370 e. The summed E-state index contributed by atoms with van der Waals surface area (Å²) in [6, 6.07) is 18.5. The molecule has 0 spiro atoms. The molecule has 5 nitrogen and oxygen atoms in total. The Morgan fingerprint density at radius 1 is 1.00 bits per heavy atom. The molecule has 28 heavy (non-hydrogen) atoms. The first kappa shape index (κ1) is 20.2. The molecule has 0 aromatic heterocycles. The SMILES string of the molecule is CCN(CC)[C@@H](CNC(=O)Nc1ccccc1N1CCCC1)c1ccccc1. The van der Waals surface area contributed by atoms with Crippen LogP contribution in [0.2, 0.25) is 0 Å². The molecule has 5 heteroatoms. The van der Waals surface area contributed by atoms with Crippen molar-refractivity contribution in [3.05, 3.63) is 60.2 Å². The van der Waals surface area contributed by atoms with Gasteiger partial charge in [0.1, 0.15) is 0 Å². The number of hydrogen-bond donors (Lipinski definition) is 2. The summed E-state index contributed by atoms with van der Waals surface area (Å²) < 4.78 is 0. The number of para-hydroxylation sites is 2. The Labute approximate surface area is 168 Å². The van der Waals surface area contributed by atoms with E-state index in [-0.39, 0.29) is 12.1 Å². The van der Waals surface area contributed by atoms with E-state index in [4.69, 9.17) is 0 Å². The third kappa shape index (κ3) is 5.04. The minimum absolute atomic E-state index is 0.153. The van der Waals surface area contributed by atoms with Crippen LogP contribution in [0.1, 0.15) is 38.3 Å². The Morgan fingerprint density at radius 3 is 2.32 bits per heavy atom. The van der Waals surface area contributed by atoms with E-state index in [9.17, 15) is 4.79 Å². The fourth-order valence-corrected chi connectivity index (χ4v) is 3.97. The zero-order chi connectivity index (χ0) is 19.8. The van der Waals surface area contributed by atoms with E-state index in [1.165, 1.54) is 18.4 Å². The van der Waals surface area contributed by atoms with E-state index in [0.717, 1.165) is 37.6 Å². The maximum absolute atomic E-state index is 12.7. The lowest BCUT2D eigenvalue weighted by Gasteiger charge is -2.30. The van der Waals surface area contributed by atoms with Crippen LogP contribution in [-0.4, -0.2) is 43.7 Å². The first-order valence-corrected chi connectivity index (χ1v) is 10.4. The summed E-state index contributed by atoms with van der Waals surface area (Å²) >= 11 is 0. The van der Waals surface area contributed by atoms with E-state index < -0.39 is 0 Å². The third-order valence-electron chi connectivity index (χ3n) is 5.49. The number of amides is 2. The molecule has 2 aromatic rings. The summed E-state index contributed by atoms with van der Waals surface area (Å²) in [5, 5.41) is 6.15. The summed E-state index contributed by atoms with van der Waals surface area (Å²) in [4.78, 5) is 17.4. The number of nitrogens with one attached hydrogen (secondary N) is 2. The standard InChI is InChI=1S/C23H32N4O/c1-3-26(4-2)22(19-12-6-5-7-13-19)18-24-23(28)25-20-14-8-9-15-21(20)27-16-10-11-17-27/h5-9,12-15,22H,3-4,10-11,16-18H2,1-2H3,(H2,24,25,28)/t22-/m0/s1. The fourth-order valence-electron chi connectivity index (χ4n) is 3.97. The van der Waals surface area contributed by atoms with Crippen molar-refractivity contribution in [2.24, 2.45) is 0 Å². The fraction of sp³-hybridized carbons (Fsp3) is 0.435. The highest BCUT2D eigenvalue weighted by atomic mass is 16.2. The lowest BCUT2D eigenvalue weighted by Crippen LogP contribution is -2.39. The molecule has 0 aliphatic carbocycles. The Balaban J connectivity index is 1.65. The van der Waals surface area contributed by atoms with Crippen LogP contribution in [0.4, 0.5) is 16.2 Å². The summed E-state index contributed by atoms with van der Waals surface area (Å²) in [6.07, 6.45) is 2.42. The van der Waals surface area contributed by atoms with Gasteiger partial charge in [0.25, 0.3) is 0 Å². The highest BCUT2D eigenvalue weighted by Crippen LogP contribution is 2.28. The molecule has 2 amide bonds. The normalized spacial score (nSPS) is 14.9. The van der Waals surface area contributed by atoms with Crippen LogP contribution >= 0.6 is 0 Å². The second kappa shape index (κ2) is 10.1. The van der Waals surface area contributed by atoms with Gasteiger partial charge in [0.2, 0.25) is 0 Å². The third-order valence-corrected chi connectivity index (χ3v) is 5.49. The second-order valence-electron chi connectivity index (χ2n) is 7.19. The van der Waals surface area contributed by atoms with Crippen molar-refractivity contribution in [3.8, 4) is 0 Å². The van der Waals surface area contributed by atoms with Crippen molar-refractivity contribution in [3.63, 3.8) is 0 Å². The van der Waals surface area contributed by atoms with Crippen LogP contribution in [0.15, 0.2) is 54.6 Å². The van der Waals surface area contributed by atoms with Gasteiger partial charge in [-0.15, -0.1) is 0 Å². The van der Waals surface area contributed by atoms with Gasteiger partial charge in [-0.1, -0.05) is 56.3 Å². The van der Waals surface area contributed by atoms with Crippen LogP contribution in [0.3, 0.4) is 0 Å². The van der Waals surface area contributed by atoms with E-state index in [0.29, 0.717) is 6.54 Å². The van der Waals surface area contributed by atoms with Crippen LogP contribution in [0.25, 0.3) is 0 Å². The quantitative estimate of drug-likeness (QED) is 0.709. The summed E-state index contributed by atoms with van der Waals surface area (Å²) in [5.41, 5.74) is 3.21. The minimum Gasteiger partial charge on any atom is -0.370 e. The number of rotatable bonds is 8. The molecule has 1 saturated heterocycles. The maximum Gasteiger partial charge on any atom is 0.319 e. The van der Waals surface area contributed by atoms with Crippen molar-refractivity contribution >= 4 is 17.4 Å². The van der Waals surface area contributed by atoms with Crippen molar-refractivity contribution in [2.75, 3.05) is 42.9 Å². The Kier molecular flexibility index (Phi) is 7.31. The summed E-state index contributed by atoms with van der Waals surface area (Å²) in [5.74, 6) is 0. The summed E-state index contributed by atoms with van der Waals surface area (Å²) in [7, 11) is 0. The van der Waals surface area contributed by atoms with Crippen LogP contribution in [0, 0.1) is 0 Å². The van der Waals surface area contributed by atoms with Crippen LogP contribution < -0.4 is 15.5 Å². The Bertz CT molecular complexity index is 739. The number of anilines is 2. The second-order valence-corrected chi connectivity index (χ2v) is 7.19. The van der Waals surface area contributed by atoms with Crippen molar-refractivity contribution in [2.45, 2.75) is 32.7 Å². The minimum atomic E-state index is -0.153. The first-order valence-electron chi connectivity index (χ1n) is 10.4. The lowest BCUT2D eigenvalue weighted by molar-refractivity contribution is 0.210. The van der Waals surface area contributed by atoms with Gasteiger partial charge < -0.3 is 15.5 Å². The van der Waals surface area contributed by atoms with Crippen molar-refractivity contribution in [1.29, 1.82) is 0 Å².